The molecule has 1 N–H and O–H groups in total. The van der Waals surface area contributed by atoms with E-state index in [0.29, 0.717) is 12.4 Å². The number of halogens is 1. The van der Waals surface area contributed by atoms with Crippen molar-refractivity contribution in [2.75, 3.05) is 11.9 Å². The maximum absolute atomic E-state index is 5.63. The minimum absolute atomic E-state index is 0.237. The van der Waals surface area contributed by atoms with Crippen molar-refractivity contribution in [3.8, 4) is 0 Å². The van der Waals surface area contributed by atoms with E-state index in [4.69, 9.17) is 11.6 Å². The average molecular weight is 225 g/mol. The average Bonchev–Trinajstić information content (AvgIpc) is 2.71. The molecule has 0 radical (unpaired) electrons. The van der Waals surface area contributed by atoms with E-state index in [1.807, 2.05) is 0 Å². The number of nitrogens with zero attached hydrogens (tertiary/aromatic N) is 5. The van der Waals surface area contributed by atoms with Gasteiger partial charge in [0.15, 0.2) is 0 Å². The lowest BCUT2D eigenvalue weighted by molar-refractivity contribution is 0.635. The first-order valence-corrected chi connectivity index (χ1v) is 4.77. The molecule has 0 fully saturated rings. The standard InChI is InChI=1S/C8H9ClN6/c9-8-12-2-1-7(14-8)11-3-4-15-6-10-5-13-15/h1-2,5-6H,3-4H2,(H,11,12,14). The molecule has 2 heterocycles. The van der Waals surface area contributed by atoms with Crippen molar-refractivity contribution >= 4 is 17.4 Å². The Kier molecular flexibility index (Phi) is 3.08. The molecule has 0 saturated heterocycles. The van der Waals surface area contributed by atoms with Crippen LogP contribution >= 0.6 is 11.6 Å². The normalized spacial score (nSPS) is 10.2. The zero-order chi connectivity index (χ0) is 10.5. The molecule has 0 aliphatic heterocycles. The molecular weight excluding hydrogens is 216 g/mol. The molecule has 6 nitrogen and oxygen atoms in total. The van der Waals surface area contributed by atoms with Crippen LogP contribution in [0.2, 0.25) is 5.28 Å². The van der Waals surface area contributed by atoms with E-state index in [-0.39, 0.29) is 5.28 Å². The minimum atomic E-state index is 0.237. The summed E-state index contributed by atoms with van der Waals surface area (Å²) in [5.74, 6) is 0.704. The van der Waals surface area contributed by atoms with Gasteiger partial charge in [-0.25, -0.2) is 15.0 Å². The molecule has 0 saturated carbocycles. The fourth-order valence-corrected chi connectivity index (χ4v) is 1.23. The molecular formula is C8H9ClN6. The van der Waals surface area contributed by atoms with Gasteiger partial charge < -0.3 is 5.32 Å². The number of rotatable bonds is 4. The number of hydrogen-bond donors (Lipinski definition) is 1. The van der Waals surface area contributed by atoms with Crippen molar-refractivity contribution in [2.45, 2.75) is 6.54 Å². The van der Waals surface area contributed by atoms with E-state index in [9.17, 15) is 0 Å². The van der Waals surface area contributed by atoms with Crippen LogP contribution in [0.4, 0.5) is 5.82 Å². The van der Waals surface area contributed by atoms with Crippen LogP contribution in [0.3, 0.4) is 0 Å². The molecule has 2 aromatic heterocycles. The summed E-state index contributed by atoms with van der Waals surface area (Å²) in [6, 6.07) is 1.76. The van der Waals surface area contributed by atoms with Crippen molar-refractivity contribution in [3.05, 3.63) is 30.2 Å². The Morgan fingerprint density at radius 3 is 3.13 bits per heavy atom. The highest BCUT2D eigenvalue weighted by Crippen LogP contribution is 2.04. The first kappa shape index (κ1) is 9.85. The van der Waals surface area contributed by atoms with Crippen LogP contribution in [0.15, 0.2) is 24.9 Å². The molecule has 2 rings (SSSR count). The monoisotopic (exact) mass is 224 g/mol. The topological polar surface area (TPSA) is 68.5 Å². The summed E-state index contributed by atoms with van der Waals surface area (Å²) in [5.41, 5.74) is 0. The molecule has 15 heavy (non-hydrogen) atoms. The molecule has 0 aliphatic carbocycles. The highest BCUT2D eigenvalue weighted by molar-refractivity contribution is 6.28. The van der Waals surface area contributed by atoms with Crippen molar-refractivity contribution in [1.29, 1.82) is 0 Å². The van der Waals surface area contributed by atoms with Gasteiger partial charge in [-0.3, -0.25) is 4.68 Å². The van der Waals surface area contributed by atoms with Crippen LogP contribution in [0.25, 0.3) is 0 Å². The van der Waals surface area contributed by atoms with Crippen LogP contribution < -0.4 is 5.32 Å². The molecule has 0 bridgehead atoms. The van der Waals surface area contributed by atoms with Gasteiger partial charge in [0, 0.05) is 12.7 Å². The summed E-state index contributed by atoms with van der Waals surface area (Å²) in [6.45, 7) is 1.43. The molecule has 0 amide bonds. The van der Waals surface area contributed by atoms with Crippen molar-refractivity contribution in [3.63, 3.8) is 0 Å². The number of anilines is 1. The zero-order valence-electron chi connectivity index (χ0n) is 7.84. The third-order valence-electron chi connectivity index (χ3n) is 1.74. The summed E-state index contributed by atoms with van der Waals surface area (Å²) in [6.07, 6.45) is 4.77. The highest BCUT2D eigenvalue weighted by atomic mass is 35.5. The molecule has 0 atom stereocenters. The lowest BCUT2D eigenvalue weighted by Crippen LogP contribution is -2.11. The van der Waals surface area contributed by atoms with Gasteiger partial charge in [-0.15, -0.1) is 0 Å². The van der Waals surface area contributed by atoms with Crippen molar-refractivity contribution in [2.24, 2.45) is 0 Å². The Morgan fingerprint density at radius 2 is 2.40 bits per heavy atom. The van der Waals surface area contributed by atoms with Crippen LogP contribution in [-0.2, 0) is 6.54 Å². The summed E-state index contributed by atoms with van der Waals surface area (Å²) < 4.78 is 1.73. The Hall–Kier alpha value is -1.69. The van der Waals surface area contributed by atoms with Crippen LogP contribution in [-0.4, -0.2) is 31.3 Å². The second-order valence-electron chi connectivity index (χ2n) is 2.80. The Morgan fingerprint density at radius 1 is 1.47 bits per heavy atom. The molecule has 2 aromatic rings. The van der Waals surface area contributed by atoms with E-state index in [0.717, 1.165) is 6.54 Å². The van der Waals surface area contributed by atoms with Gasteiger partial charge in [-0.05, 0) is 17.7 Å². The fraction of sp³-hybridized carbons (Fsp3) is 0.250. The molecule has 78 valence electrons. The second-order valence-corrected chi connectivity index (χ2v) is 3.13. The summed E-state index contributed by atoms with van der Waals surface area (Å²) >= 11 is 5.63. The summed E-state index contributed by atoms with van der Waals surface area (Å²) in [7, 11) is 0. The first-order chi connectivity index (χ1) is 7.34. The Bertz CT molecular complexity index is 415. The van der Waals surface area contributed by atoms with Gasteiger partial charge in [-0.2, -0.15) is 5.10 Å². The number of hydrogen-bond acceptors (Lipinski definition) is 5. The van der Waals surface area contributed by atoms with E-state index in [1.54, 1.807) is 23.3 Å². The summed E-state index contributed by atoms with van der Waals surface area (Å²) in [4.78, 5) is 11.6. The van der Waals surface area contributed by atoms with Gasteiger partial charge in [-0.1, -0.05) is 0 Å². The fourth-order valence-electron chi connectivity index (χ4n) is 1.08. The van der Waals surface area contributed by atoms with Gasteiger partial charge in [0.25, 0.3) is 0 Å². The zero-order valence-corrected chi connectivity index (χ0v) is 8.59. The lowest BCUT2D eigenvalue weighted by atomic mass is 10.5. The number of nitrogens with one attached hydrogen (secondary N) is 1. The second kappa shape index (κ2) is 4.70. The molecule has 0 spiro atoms. The molecule has 0 aromatic carbocycles. The molecule has 7 heteroatoms. The first-order valence-electron chi connectivity index (χ1n) is 4.39. The van der Waals surface area contributed by atoms with E-state index < -0.39 is 0 Å². The third-order valence-corrected chi connectivity index (χ3v) is 1.92. The van der Waals surface area contributed by atoms with E-state index in [2.05, 4.69) is 25.4 Å². The quantitative estimate of drug-likeness (QED) is 0.780. The lowest BCUT2D eigenvalue weighted by Gasteiger charge is -2.04. The van der Waals surface area contributed by atoms with Crippen molar-refractivity contribution < 1.29 is 0 Å². The maximum Gasteiger partial charge on any atom is 0.224 e. The predicted octanol–water partition coefficient (Wildman–Crippen LogP) is 0.834. The van der Waals surface area contributed by atoms with E-state index in [1.165, 1.54) is 6.33 Å². The smallest absolute Gasteiger partial charge is 0.224 e. The van der Waals surface area contributed by atoms with Gasteiger partial charge in [0.2, 0.25) is 5.28 Å². The van der Waals surface area contributed by atoms with Gasteiger partial charge in [0.05, 0.1) is 6.54 Å². The highest BCUT2D eigenvalue weighted by Gasteiger charge is 1.96. The predicted molar refractivity (Wildman–Crippen MR) is 55.6 cm³/mol. The van der Waals surface area contributed by atoms with Crippen molar-refractivity contribution in [1.82, 2.24) is 24.7 Å². The van der Waals surface area contributed by atoms with Gasteiger partial charge >= 0.3 is 0 Å². The van der Waals surface area contributed by atoms with Crippen LogP contribution in [0, 0.1) is 0 Å². The Labute approximate surface area is 91.3 Å². The summed E-state index contributed by atoms with van der Waals surface area (Å²) in [5, 5.41) is 7.31. The van der Waals surface area contributed by atoms with Crippen LogP contribution in [0.5, 0.6) is 0 Å². The van der Waals surface area contributed by atoms with Crippen LogP contribution in [0.1, 0.15) is 0 Å². The third kappa shape index (κ3) is 2.88. The molecule has 0 aliphatic rings. The molecule has 0 unspecified atom stereocenters. The van der Waals surface area contributed by atoms with Gasteiger partial charge in [0.1, 0.15) is 18.5 Å². The minimum Gasteiger partial charge on any atom is -0.368 e. The SMILES string of the molecule is Clc1nccc(NCCn2cncn2)n1. The maximum atomic E-state index is 5.63. The largest absolute Gasteiger partial charge is 0.368 e. The Balaban J connectivity index is 1.83. The van der Waals surface area contributed by atoms with E-state index >= 15 is 0 Å². The number of aromatic nitrogens is 5.